The first-order chi connectivity index (χ1) is 5.16. The van der Waals surface area contributed by atoms with Gasteiger partial charge in [0.2, 0.25) is 0 Å². The minimum Gasteiger partial charge on any atom is -0.204 e. The summed E-state index contributed by atoms with van der Waals surface area (Å²) >= 11 is 6.67. The Hall–Kier alpha value is 0.710. The molecule has 0 saturated heterocycles. The maximum Gasteiger partial charge on any atom is 0.151 e. The third kappa shape index (κ3) is 2.09. The van der Waals surface area contributed by atoms with Gasteiger partial charge in [0.1, 0.15) is 0 Å². The molecule has 0 unspecified atom stereocenters. The molecular weight excluding hydrogens is 342 g/mol. The molecule has 1 rings (SSSR count). The van der Waals surface area contributed by atoms with Crippen LogP contribution in [0.15, 0.2) is 21.5 Å². The van der Waals surface area contributed by atoms with Crippen LogP contribution in [0.3, 0.4) is 0 Å². The minimum atomic E-state index is -0.163. The topological polar surface area (TPSA) is 0 Å². The average Bonchev–Trinajstić information content (AvgIpc) is 1.99. The number of hydrogen-bond donors (Lipinski definition) is 0. The zero-order chi connectivity index (χ0) is 8.43. The summed E-state index contributed by atoms with van der Waals surface area (Å²) in [6.45, 7) is 0. The highest BCUT2D eigenvalue weighted by Gasteiger charge is 2.08. The van der Waals surface area contributed by atoms with Crippen LogP contribution in [0.4, 0.5) is 4.39 Å². The van der Waals surface area contributed by atoms with Crippen molar-refractivity contribution >= 4 is 50.3 Å². The Bertz CT molecular complexity index is 277. The molecule has 0 spiro atoms. The van der Waals surface area contributed by atoms with Gasteiger partial charge in [-0.15, -0.1) is 11.8 Å². The van der Waals surface area contributed by atoms with Crippen LogP contribution in [0.25, 0.3) is 0 Å². The number of rotatable bonds is 1. The van der Waals surface area contributed by atoms with Gasteiger partial charge in [-0.25, -0.2) is 4.39 Å². The van der Waals surface area contributed by atoms with Crippen LogP contribution in [0.1, 0.15) is 0 Å². The second kappa shape index (κ2) is 4.09. The van der Waals surface area contributed by atoms with Gasteiger partial charge in [-0.3, -0.25) is 0 Å². The van der Waals surface area contributed by atoms with E-state index in [1.54, 1.807) is 6.07 Å². The predicted molar refractivity (Wildman–Crippen MR) is 58.6 cm³/mol. The molecule has 0 heterocycles. The third-order valence-electron chi connectivity index (χ3n) is 1.21. The summed E-state index contributed by atoms with van der Waals surface area (Å²) in [7, 11) is 0. The van der Waals surface area contributed by atoms with Crippen LogP contribution in [-0.2, 0) is 0 Å². The van der Waals surface area contributed by atoms with E-state index >= 15 is 0 Å². The number of benzene rings is 1. The fourth-order valence-corrected chi connectivity index (χ4v) is 2.79. The van der Waals surface area contributed by atoms with Crippen LogP contribution in [0, 0.1) is 9.39 Å². The van der Waals surface area contributed by atoms with Gasteiger partial charge in [0, 0.05) is 3.57 Å². The van der Waals surface area contributed by atoms with Gasteiger partial charge >= 0.3 is 0 Å². The molecule has 0 fully saturated rings. The lowest BCUT2D eigenvalue weighted by molar-refractivity contribution is 0.593. The molecule has 0 radical (unpaired) electrons. The standard InChI is InChI=1S/C7H5BrFIS/c1-11-7-5(10)3-2-4(8)6(7)9/h2-3H,1H3. The van der Waals surface area contributed by atoms with Crippen molar-refractivity contribution in [1.82, 2.24) is 0 Å². The van der Waals surface area contributed by atoms with E-state index in [0.717, 1.165) is 3.57 Å². The lowest BCUT2D eigenvalue weighted by Crippen LogP contribution is -1.85. The van der Waals surface area contributed by atoms with Crippen molar-refractivity contribution in [3.8, 4) is 0 Å². The summed E-state index contributed by atoms with van der Waals surface area (Å²) < 4.78 is 14.7. The van der Waals surface area contributed by atoms with Crippen molar-refractivity contribution in [3.05, 3.63) is 26.0 Å². The zero-order valence-electron chi connectivity index (χ0n) is 5.70. The highest BCUT2D eigenvalue weighted by atomic mass is 127. The van der Waals surface area contributed by atoms with E-state index in [1.165, 1.54) is 11.8 Å². The molecule has 0 nitrogen and oxygen atoms in total. The summed E-state index contributed by atoms with van der Waals surface area (Å²) in [5.41, 5.74) is 0. The highest BCUT2D eigenvalue weighted by molar-refractivity contribution is 14.1. The molecule has 1 aromatic carbocycles. The predicted octanol–water partition coefficient (Wildman–Crippen LogP) is 3.91. The molecule has 60 valence electrons. The summed E-state index contributed by atoms with van der Waals surface area (Å²) in [5, 5.41) is 0. The monoisotopic (exact) mass is 346 g/mol. The van der Waals surface area contributed by atoms with Gasteiger partial charge in [-0.05, 0) is 56.9 Å². The summed E-state index contributed by atoms with van der Waals surface area (Å²) in [4.78, 5) is 0.708. The number of halogens is 3. The molecule has 0 amide bonds. The van der Waals surface area contributed by atoms with Crippen molar-refractivity contribution in [2.75, 3.05) is 6.26 Å². The van der Waals surface area contributed by atoms with Crippen LogP contribution in [0.5, 0.6) is 0 Å². The van der Waals surface area contributed by atoms with Crippen molar-refractivity contribution in [2.45, 2.75) is 4.90 Å². The molecule has 0 saturated carbocycles. The summed E-state index contributed by atoms with van der Waals surface area (Å²) in [5.74, 6) is -0.163. The maximum atomic E-state index is 13.2. The number of thioether (sulfide) groups is 1. The van der Waals surface area contributed by atoms with Gasteiger partial charge < -0.3 is 0 Å². The Labute approximate surface area is 91.2 Å². The van der Waals surface area contributed by atoms with Gasteiger partial charge in [0.25, 0.3) is 0 Å². The molecule has 0 N–H and O–H groups in total. The first-order valence-corrected chi connectivity index (χ1v) is 5.94. The minimum absolute atomic E-state index is 0.163. The van der Waals surface area contributed by atoms with Crippen molar-refractivity contribution in [2.24, 2.45) is 0 Å². The van der Waals surface area contributed by atoms with E-state index in [1.807, 2.05) is 12.3 Å². The normalized spacial score (nSPS) is 10.2. The Morgan fingerprint density at radius 1 is 1.55 bits per heavy atom. The molecule has 0 aliphatic carbocycles. The first-order valence-electron chi connectivity index (χ1n) is 2.84. The van der Waals surface area contributed by atoms with Crippen molar-refractivity contribution in [3.63, 3.8) is 0 Å². The first kappa shape index (κ1) is 9.80. The van der Waals surface area contributed by atoms with E-state index in [9.17, 15) is 4.39 Å². The van der Waals surface area contributed by atoms with Gasteiger partial charge in [-0.2, -0.15) is 0 Å². The van der Waals surface area contributed by atoms with Crippen LogP contribution >= 0.6 is 50.3 Å². The van der Waals surface area contributed by atoms with Gasteiger partial charge in [0.15, 0.2) is 5.82 Å². The Kier molecular flexibility index (Phi) is 3.64. The second-order valence-corrected chi connectivity index (χ2v) is 4.71. The molecule has 4 heteroatoms. The van der Waals surface area contributed by atoms with E-state index in [4.69, 9.17) is 0 Å². The molecule has 0 bridgehead atoms. The molecule has 0 aliphatic rings. The summed E-state index contributed by atoms with van der Waals surface area (Å²) in [6, 6.07) is 3.61. The van der Waals surface area contributed by atoms with Crippen molar-refractivity contribution < 1.29 is 4.39 Å². The molecule has 0 aromatic heterocycles. The second-order valence-electron chi connectivity index (χ2n) is 1.88. The van der Waals surface area contributed by atoms with Crippen LogP contribution in [0.2, 0.25) is 0 Å². The average molecular weight is 347 g/mol. The van der Waals surface area contributed by atoms with Gasteiger partial charge in [-0.1, -0.05) is 0 Å². The van der Waals surface area contributed by atoms with Crippen LogP contribution in [-0.4, -0.2) is 6.26 Å². The van der Waals surface area contributed by atoms with Gasteiger partial charge in [0.05, 0.1) is 9.37 Å². The maximum absolute atomic E-state index is 13.2. The van der Waals surface area contributed by atoms with E-state index in [2.05, 4.69) is 38.5 Å². The third-order valence-corrected chi connectivity index (χ3v) is 3.89. The molecule has 11 heavy (non-hydrogen) atoms. The fraction of sp³-hybridized carbons (Fsp3) is 0.143. The molecule has 0 aliphatic heterocycles. The molecular formula is C7H5BrFIS. The summed E-state index contributed by atoms with van der Waals surface area (Å²) in [6.07, 6.45) is 1.87. The lowest BCUT2D eigenvalue weighted by Gasteiger charge is -2.02. The fourth-order valence-electron chi connectivity index (χ4n) is 0.696. The lowest BCUT2D eigenvalue weighted by atomic mass is 10.3. The molecule has 0 atom stereocenters. The van der Waals surface area contributed by atoms with E-state index in [-0.39, 0.29) is 5.82 Å². The van der Waals surface area contributed by atoms with Crippen LogP contribution < -0.4 is 0 Å². The number of hydrogen-bond acceptors (Lipinski definition) is 1. The smallest absolute Gasteiger partial charge is 0.151 e. The highest BCUT2D eigenvalue weighted by Crippen LogP contribution is 2.29. The Balaban J connectivity index is 3.29. The van der Waals surface area contributed by atoms with Crippen molar-refractivity contribution in [1.29, 1.82) is 0 Å². The largest absolute Gasteiger partial charge is 0.204 e. The zero-order valence-corrected chi connectivity index (χ0v) is 10.3. The van der Waals surface area contributed by atoms with E-state index < -0.39 is 0 Å². The van der Waals surface area contributed by atoms with E-state index in [0.29, 0.717) is 9.37 Å². The SMILES string of the molecule is CSc1c(I)ccc(Br)c1F. The Morgan fingerprint density at radius 3 is 2.64 bits per heavy atom. The Morgan fingerprint density at radius 2 is 2.18 bits per heavy atom. The quantitative estimate of drug-likeness (QED) is 0.422. The molecule has 1 aromatic rings.